The summed E-state index contributed by atoms with van der Waals surface area (Å²) in [4.78, 5) is 0. The zero-order valence-electron chi connectivity index (χ0n) is 11.2. The Morgan fingerprint density at radius 1 is 0.320 bits per heavy atom. The number of halogens is 15. The molecule has 0 radical (unpaired) electrons. The molecule has 0 aromatic heterocycles. The van der Waals surface area contributed by atoms with E-state index in [0.29, 0.717) is 0 Å². The minimum atomic E-state index is -7.85. The lowest BCUT2D eigenvalue weighted by Crippen LogP contribution is -2.98. The van der Waals surface area contributed by atoms with Crippen LogP contribution in [0.15, 0.2) is 0 Å². The molecule has 0 N–H and O–H groups in total. The molecule has 0 aliphatic heterocycles. The molecular formula is C10H3F15. The molecule has 0 spiro atoms. The van der Waals surface area contributed by atoms with Crippen molar-refractivity contribution in [3.8, 4) is 0 Å². The van der Waals surface area contributed by atoms with Crippen LogP contribution < -0.4 is 0 Å². The van der Waals surface area contributed by atoms with Crippen LogP contribution in [0, 0.1) is 0 Å². The third kappa shape index (κ3) is 1.27. The van der Waals surface area contributed by atoms with Crippen molar-refractivity contribution in [1.82, 2.24) is 0 Å². The van der Waals surface area contributed by atoms with E-state index in [2.05, 4.69) is 0 Å². The molecule has 2 saturated carbocycles. The maximum absolute atomic E-state index is 14.0. The summed E-state index contributed by atoms with van der Waals surface area (Å²) in [5.41, 5.74) is -22.0. The van der Waals surface area contributed by atoms with Gasteiger partial charge in [0.2, 0.25) is 5.67 Å². The second-order valence-electron chi connectivity index (χ2n) is 5.77. The molecule has 0 aromatic rings. The molecule has 0 nitrogen and oxygen atoms in total. The number of alkyl halides is 15. The van der Waals surface area contributed by atoms with Gasteiger partial charge in [-0.2, -0.15) is 52.7 Å². The predicted molar refractivity (Wildman–Crippen MR) is 46.9 cm³/mol. The van der Waals surface area contributed by atoms with Crippen molar-refractivity contribution < 1.29 is 65.9 Å². The van der Waals surface area contributed by atoms with E-state index in [1.807, 2.05) is 0 Å². The quantitative estimate of drug-likeness (QED) is 0.497. The summed E-state index contributed by atoms with van der Waals surface area (Å²) in [6.45, 7) is -1.33. The van der Waals surface area contributed by atoms with Gasteiger partial charge in [-0.1, -0.05) is 0 Å². The Morgan fingerprint density at radius 2 is 0.560 bits per heavy atom. The van der Waals surface area contributed by atoms with Crippen LogP contribution in [0.4, 0.5) is 65.9 Å². The van der Waals surface area contributed by atoms with Crippen molar-refractivity contribution in [2.24, 2.45) is 0 Å². The molecule has 0 heterocycles. The summed E-state index contributed by atoms with van der Waals surface area (Å²) in [6, 6.07) is 0. The fourth-order valence-electron chi connectivity index (χ4n) is 2.89. The summed E-state index contributed by atoms with van der Waals surface area (Å²) in [5, 5.41) is 0. The van der Waals surface area contributed by atoms with Crippen molar-refractivity contribution in [3.05, 3.63) is 0 Å². The molecule has 148 valence electrons. The first-order valence-corrected chi connectivity index (χ1v) is 5.83. The van der Waals surface area contributed by atoms with Crippen LogP contribution >= 0.6 is 0 Å². The van der Waals surface area contributed by atoms with Crippen LogP contribution in [0.3, 0.4) is 0 Å². The van der Waals surface area contributed by atoms with Gasteiger partial charge in [-0.15, -0.1) is 0 Å². The lowest BCUT2D eigenvalue weighted by Gasteiger charge is -2.64. The lowest BCUT2D eigenvalue weighted by molar-refractivity contribution is -0.549. The summed E-state index contributed by atoms with van der Waals surface area (Å²) < 4.78 is 203. The van der Waals surface area contributed by atoms with Gasteiger partial charge in [-0.05, 0) is 6.92 Å². The van der Waals surface area contributed by atoms with Crippen LogP contribution in [0.25, 0.3) is 0 Å². The highest BCUT2D eigenvalue weighted by Crippen LogP contribution is 2.80. The first-order chi connectivity index (χ1) is 10.5. The summed E-state index contributed by atoms with van der Waals surface area (Å²) in [5.74, 6) is -46.2. The number of hydrogen-bond donors (Lipinski definition) is 0. The molecule has 0 aromatic carbocycles. The zero-order chi connectivity index (χ0) is 20.5. The molecular weight excluding hydrogens is 405 g/mol. The van der Waals surface area contributed by atoms with Crippen molar-refractivity contribution in [1.29, 1.82) is 0 Å². The normalized spacial score (nSPS) is 48.0. The SMILES string of the molecule is CC1(F)C(F)(F)C2(F)C(F)(F)C(F)(F)C(F)(F)C(F)(C1(F)F)C2(F)F. The average Bonchev–Trinajstić information content (AvgIpc) is 2.41. The maximum Gasteiger partial charge on any atom is 0.379 e. The summed E-state index contributed by atoms with van der Waals surface area (Å²) in [6.07, 6.45) is 0. The van der Waals surface area contributed by atoms with E-state index in [0.717, 1.165) is 0 Å². The van der Waals surface area contributed by atoms with E-state index in [4.69, 9.17) is 0 Å². The molecule has 2 aliphatic rings. The molecule has 2 rings (SSSR count). The van der Waals surface area contributed by atoms with Crippen LogP contribution in [0.1, 0.15) is 6.92 Å². The minimum Gasteiger partial charge on any atom is -0.230 e. The Kier molecular flexibility index (Phi) is 3.20. The van der Waals surface area contributed by atoms with Crippen molar-refractivity contribution >= 4 is 0 Å². The maximum atomic E-state index is 14.0. The van der Waals surface area contributed by atoms with E-state index in [1.54, 1.807) is 0 Å². The highest BCUT2D eigenvalue weighted by Gasteiger charge is 3.13. The molecule has 25 heavy (non-hydrogen) atoms. The summed E-state index contributed by atoms with van der Waals surface area (Å²) >= 11 is 0. The van der Waals surface area contributed by atoms with Crippen molar-refractivity contribution in [3.63, 3.8) is 0 Å². The van der Waals surface area contributed by atoms with E-state index >= 15 is 0 Å². The predicted octanol–water partition coefficient (Wildman–Crippen LogP) is 4.97. The fourth-order valence-corrected chi connectivity index (χ4v) is 2.89. The summed E-state index contributed by atoms with van der Waals surface area (Å²) in [7, 11) is 0. The van der Waals surface area contributed by atoms with E-state index in [-0.39, 0.29) is 0 Å². The third-order valence-electron chi connectivity index (χ3n) is 4.56. The Hall–Kier alpha value is -1.05. The third-order valence-corrected chi connectivity index (χ3v) is 4.56. The van der Waals surface area contributed by atoms with Gasteiger partial charge in [0.25, 0.3) is 0 Å². The van der Waals surface area contributed by atoms with E-state index in [9.17, 15) is 65.9 Å². The van der Waals surface area contributed by atoms with Gasteiger partial charge in [-0.25, -0.2) is 13.2 Å². The number of rotatable bonds is 0. The first kappa shape index (κ1) is 20.3. The molecule has 2 atom stereocenters. The van der Waals surface area contributed by atoms with Crippen LogP contribution in [-0.4, -0.2) is 52.5 Å². The van der Waals surface area contributed by atoms with Gasteiger partial charge < -0.3 is 0 Å². The zero-order valence-corrected chi connectivity index (χ0v) is 11.2. The highest BCUT2D eigenvalue weighted by molar-refractivity contribution is 5.43. The molecule has 2 fully saturated rings. The standard InChI is InChI=1S/C10H3F15/c1-2(11)5(14,15)3(12)7(18,19)4(13,6(2,16)17)9(22,23)10(24,25)8(3,20)21/h1H3. The molecule has 0 amide bonds. The second kappa shape index (κ2) is 3.94. The number of hydrogen-bond acceptors (Lipinski definition) is 0. The Balaban J connectivity index is 3.18. The van der Waals surface area contributed by atoms with Gasteiger partial charge in [0.1, 0.15) is 0 Å². The van der Waals surface area contributed by atoms with Crippen molar-refractivity contribution in [2.45, 2.75) is 59.5 Å². The van der Waals surface area contributed by atoms with Crippen LogP contribution in [0.2, 0.25) is 0 Å². The van der Waals surface area contributed by atoms with E-state index in [1.165, 1.54) is 0 Å². The van der Waals surface area contributed by atoms with Gasteiger partial charge in [0.05, 0.1) is 0 Å². The Labute approximate surface area is 126 Å². The highest BCUT2D eigenvalue weighted by atomic mass is 19.4. The topological polar surface area (TPSA) is 0 Å². The monoisotopic (exact) mass is 408 g/mol. The Morgan fingerprint density at radius 3 is 0.800 bits per heavy atom. The van der Waals surface area contributed by atoms with Crippen molar-refractivity contribution in [2.75, 3.05) is 0 Å². The van der Waals surface area contributed by atoms with Crippen LogP contribution in [-0.2, 0) is 0 Å². The average molecular weight is 408 g/mol. The largest absolute Gasteiger partial charge is 0.379 e. The number of fused-ring (bicyclic) bond motifs is 2. The molecule has 15 heteroatoms. The van der Waals surface area contributed by atoms with E-state index < -0.39 is 59.5 Å². The molecule has 2 unspecified atom stereocenters. The second-order valence-corrected chi connectivity index (χ2v) is 5.77. The minimum absolute atomic E-state index is 1.33. The Bertz CT molecular complexity index is 526. The fraction of sp³-hybridized carbons (Fsp3) is 1.00. The molecule has 0 saturated heterocycles. The van der Waals surface area contributed by atoms with Gasteiger partial charge in [0, 0.05) is 0 Å². The van der Waals surface area contributed by atoms with Crippen LogP contribution in [0.5, 0.6) is 0 Å². The molecule has 2 aliphatic carbocycles. The van der Waals surface area contributed by atoms with Gasteiger partial charge in [-0.3, -0.25) is 0 Å². The smallest absolute Gasteiger partial charge is 0.230 e. The van der Waals surface area contributed by atoms with Gasteiger partial charge >= 0.3 is 46.9 Å². The lowest BCUT2D eigenvalue weighted by atomic mass is 9.52. The first-order valence-electron chi connectivity index (χ1n) is 5.83. The van der Waals surface area contributed by atoms with Gasteiger partial charge in [0.15, 0.2) is 0 Å². The molecule has 2 bridgehead atoms.